The quantitative estimate of drug-likeness (QED) is 0.762. The Hall–Kier alpha value is -1.40. The van der Waals surface area contributed by atoms with E-state index >= 15 is 0 Å². The van der Waals surface area contributed by atoms with Crippen LogP contribution in [-0.2, 0) is 20.6 Å². The predicted octanol–water partition coefficient (Wildman–Crippen LogP) is 1.75. The molecule has 2 N–H and O–H groups in total. The van der Waals surface area contributed by atoms with Crippen LogP contribution in [0.4, 0.5) is 0 Å². The number of hydrogen-bond donors (Lipinski definition) is 2. The second-order valence-electron chi connectivity index (χ2n) is 4.45. The van der Waals surface area contributed by atoms with Crippen LogP contribution in [0.2, 0.25) is 0 Å². The summed E-state index contributed by atoms with van der Waals surface area (Å²) in [4.78, 5) is 10.7. The molecule has 1 unspecified atom stereocenters. The van der Waals surface area contributed by atoms with Crippen LogP contribution in [0.3, 0.4) is 0 Å². The minimum atomic E-state index is -3.51. The van der Waals surface area contributed by atoms with E-state index in [-0.39, 0.29) is 12.2 Å². The second-order valence-corrected chi connectivity index (χ2v) is 6.20. The third-order valence-electron chi connectivity index (χ3n) is 2.60. The van der Waals surface area contributed by atoms with Gasteiger partial charge in [-0.2, -0.15) is 0 Å². The van der Waals surface area contributed by atoms with Crippen LogP contribution in [0.15, 0.2) is 30.3 Å². The third kappa shape index (κ3) is 6.35. The molecule has 1 aromatic rings. The Morgan fingerprint density at radius 1 is 1.32 bits per heavy atom. The van der Waals surface area contributed by atoms with Crippen LogP contribution in [0.1, 0.15) is 31.7 Å². The van der Waals surface area contributed by atoms with Crippen LogP contribution in [0.5, 0.6) is 0 Å². The van der Waals surface area contributed by atoms with Crippen molar-refractivity contribution in [1.82, 2.24) is 4.72 Å². The largest absolute Gasteiger partial charge is 0.481 e. The number of hydrogen-bond acceptors (Lipinski definition) is 3. The van der Waals surface area contributed by atoms with E-state index < -0.39 is 22.0 Å². The molecule has 0 heterocycles. The first kappa shape index (κ1) is 15.7. The van der Waals surface area contributed by atoms with Gasteiger partial charge in [0.15, 0.2) is 0 Å². The Labute approximate surface area is 113 Å². The fourth-order valence-corrected chi connectivity index (χ4v) is 3.27. The van der Waals surface area contributed by atoms with Gasteiger partial charge in [-0.05, 0) is 12.0 Å². The summed E-state index contributed by atoms with van der Waals surface area (Å²) in [5.41, 5.74) is 0.681. The van der Waals surface area contributed by atoms with E-state index in [0.29, 0.717) is 12.0 Å². The SMILES string of the molecule is CCCC(CC(=O)O)NS(=O)(=O)Cc1ccccc1. The summed E-state index contributed by atoms with van der Waals surface area (Å²) in [7, 11) is -3.51. The standard InChI is InChI=1S/C13H19NO4S/c1-2-6-12(9-13(15)16)14-19(17,18)10-11-7-4-3-5-8-11/h3-5,7-8,12,14H,2,6,9-10H2,1H3,(H,15,16). The number of nitrogens with one attached hydrogen (secondary N) is 1. The van der Waals surface area contributed by atoms with E-state index in [4.69, 9.17) is 5.11 Å². The van der Waals surface area contributed by atoms with Gasteiger partial charge in [0.2, 0.25) is 10.0 Å². The molecule has 1 atom stereocenters. The maximum Gasteiger partial charge on any atom is 0.304 e. The van der Waals surface area contributed by atoms with Gasteiger partial charge in [0.05, 0.1) is 12.2 Å². The summed E-state index contributed by atoms with van der Waals surface area (Å²) in [6.07, 6.45) is 1.05. The number of sulfonamides is 1. The maximum atomic E-state index is 12.0. The van der Waals surface area contributed by atoms with Gasteiger partial charge < -0.3 is 5.11 Å². The Balaban J connectivity index is 2.68. The zero-order valence-corrected chi connectivity index (χ0v) is 11.7. The maximum absolute atomic E-state index is 12.0. The molecule has 0 aliphatic carbocycles. The van der Waals surface area contributed by atoms with Crippen molar-refractivity contribution in [2.75, 3.05) is 0 Å². The van der Waals surface area contributed by atoms with E-state index in [1.165, 1.54) is 0 Å². The number of aliphatic carboxylic acids is 1. The molecule has 0 aliphatic rings. The molecule has 0 aliphatic heterocycles. The molecule has 106 valence electrons. The highest BCUT2D eigenvalue weighted by atomic mass is 32.2. The first-order chi connectivity index (χ1) is 8.93. The smallest absolute Gasteiger partial charge is 0.304 e. The highest BCUT2D eigenvalue weighted by molar-refractivity contribution is 7.88. The van der Waals surface area contributed by atoms with Crippen LogP contribution >= 0.6 is 0 Å². The van der Waals surface area contributed by atoms with E-state index in [0.717, 1.165) is 6.42 Å². The van der Waals surface area contributed by atoms with E-state index in [9.17, 15) is 13.2 Å². The molecule has 0 radical (unpaired) electrons. The van der Waals surface area contributed by atoms with Crippen molar-refractivity contribution in [3.05, 3.63) is 35.9 Å². The van der Waals surface area contributed by atoms with Crippen molar-refractivity contribution in [3.63, 3.8) is 0 Å². The van der Waals surface area contributed by atoms with Gasteiger partial charge >= 0.3 is 5.97 Å². The van der Waals surface area contributed by atoms with Crippen molar-refractivity contribution >= 4 is 16.0 Å². The lowest BCUT2D eigenvalue weighted by Crippen LogP contribution is -2.37. The highest BCUT2D eigenvalue weighted by Gasteiger charge is 2.20. The van der Waals surface area contributed by atoms with Crippen LogP contribution in [0.25, 0.3) is 0 Å². The summed E-state index contributed by atoms with van der Waals surface area (Å²) >= 11 is 0. The summed E-state index contributed by atoms with van der Waals surface area (Å²) in [5, 5.41) is 8.76. The lowest BCUT2D eigenvalue weighted by atomic mass is 10.1. The molecule has 1 rings (SSSR count). The van der Waals surface area contributed by atoms with Crippen LogP contribution in [-0.4, -0.2) is 25.5 Å². The summed E-state index contributed by atoms with van der Waals surface area (Å²) in [6, 6.07) is 8.26. The first-order valence-electron chi connectivity index (χ1n) is 6.18. The van der Waals surface area contributed by atoms with Gasteiger partial charge in [0.1, 0.15) is 0 Å². The zero-order chi connectivity index (χ0) is 14.3. The molecule has 0 spiro atoms. The van der Waals surface area contributed by atoms with Gasteiger partial charge in [0.25, 0.3) is 0 Å². The average molecular weight is 285 g/mol. The van der Waals surface area contributed by atoms with Crippen LogP contribution in [0, 0.1) is 0 Å². The van der Waals surface area contributed by atoms with E-state index in [1.54, 1.807) is 24.3 Å². The molecule has 5 nitrogen and oxygen atoms in total. The number of rotatable bonds is 8. The van der Waals surface area contributed by atoms with Crippen molar-refractivity contribution in [1.29, 1.82) is 0 Å². The molecule has 19 heavy (non-hydrogen) atoms. The number of benzene rings is 1. The number of carbonyl (C=O) groups is 1. The fraction of sp³-hybridized carbons (Fsp3) is 0.462. The van der Waals surface area contributed by atoms with Gasteiger partial charge in [-0.25, -0.2) is 13.1 Å². The van der Waals surface area contributed by atoms with Gasteiger partial charge in [0, 0.05) is 6.04 Å². The lowest BCUT2D eigenvalue weighted by molar-refractivity contribution is -0.137. The Morgan fingerprint density at radius 3 is 2.47 bits per heavy atom. The molecule has 0 aromatic heterocycles. The average Bonchev–Trinajstić information content (AvgIpc) is 2.28. The summed E-state index contributed by atoms with van der Waals surface area (Å²) in [6.45, 7) is 1.89. The molecule has 0 bridgehead atoms. The second kappa shape index (κ2) is 7.25. The molecule has 0 fully saturated rings. The van der Waals surface area contributed by atoms with Crippen molar-refractivity contribution in [3.8, 4) is 0 Å². The van der Waals surface area contributed by atoms with Gasteiger partial charge in [-0.3, -0.25) is 4.79 Å². The Morgan fingerprint density at radius 2 is 1.95 bits per heavy atom. The van der Waals surface area contributed by atoms with Gasteiger partial charge in [-0.1, -0.05) is 43.7 Å². The zero-order valence-electron chi connectivity index (χ0n) is 10.9. The number of carboxylic acid groups (broad SMARTS) is 1. The van der Waals surface area contributed by atoms with Crippen LogP contribution < -0.4 is 4.72 Å². The molecule has 0 saturated carbocycles. The number of carboxylic acids is 1. The highest BCUT2D eigenvalue weighted by Crippen LogP contribution is 2.08. The first-order valence-corrected chi connectivity index (χ1v) is 7.84. The molecular formula is C13H19NO4S. The van der Waals surface area contributed by atoms with Crippen molar-refractivity contribution in [2.45, 2.75) is 38.0 Å². The summed E-state index contributed by atoms with van der Waals surface area (Å²) < 4.78 is 26.4. The molecule has 1 aromatic carbocycles. The predicted molar refractivity (Wildman–Crippen MR) is 73.2 cm³/mol. The molecule has 0 saturated heterocycles. The van der Waals surface area contributed by atoms with Gasteiger partial charge in [-0.15, -0.1) is 0 Å². The van der Waals surface area contributed by atoms with Crippen molar-refractivity contribution < 1.29 is 18.3 Å². The molecular weight excluding hydrogens is 266 g/mol. The minimum absolute atomic E-state index is 0.131. The molecule has 0 amide bonds. The lowest BCUT2D eigenvalue weighted by Gasteiger charge is -2.16. The third-order valence-corrected chi connectivity index (χ3v) is 4.01. The minimum Gasteiger partial charge on any atom is -0.481 e. The summed E-state index contributed by atoms with van der Waals surface area (Å²) in [5.74, 6) is -1.13. The Kier molecular flexibility index (Phi) is 5.98. The van der Waals surface area contributed by atoms with Crippen molar-refractivity contribution in [2.24, 2.45) is 0 Å². The topological polar surface area (TPSA) is 83.5 Å². The Bertz CT molecular complexity index is 499. The monoisotopic (exact) mass is 285 g/mol. The normalized spacial score (nSPS) is 13.1. The van der Waals surface area contributed by atoms with E-state index in [1.807, 2.05) is 13.0 Å². The molecule has 6 heteroatoms. The fourth-order valence-electron chi connectivity index (χ4n) is 1.85. The van der Waals surface area contributed by atoms with E-state index in [2.05, 4.69) is 4.72 Å².